The van der Waals surface area contributed by atoms with Crippen molar-refractivity contribution in [2.24, 2.45) is 5.92 Å². The Bertz CT molecular complexity index is 92.7. The number of hydrogen-bond acceptors (Lipinski definition) is 1. The van der Waals surface area contributed by atoms with Gasteiger partial charge in [-0.15, -0.1) is 0 Å². The highest BCUT2D eigenvalue weighted by Gasteiger charge is 1.98. The minimum Gasteiger partial charge on any atom is -0.504 e. The van der Waals surface area contributed by atoms with Crippen LogP contribution in [0.4, 0.5) is 0 Å². The molecule has 0 unspecified atom stereocenters. The summed E-state index contributed by atoms with van der Waals surface area (Å²) in [6.45, 7) is 6.49. The number of hydrogen-bond donors (Lipinski definition) is 0. The van der Waals surface area contributed by atoms with Crippen molar-refractivity contribution < 1.29 is 4.74 Å². The second-order valence-corrected chi connectivity index (χ2v) is 2.44. The van der Waals surface area contributed by atoms with Crippen molar-refractivity contribution in [3.63, 3.8) is 0 Å². The highest BCUT2D eigenvalue weighted by Crippen LogP contribution is 2.12. The zero-order valence-corrected chi connectivity index (χ0v) is 6.77. The molecule has 0 saturated carbocycles. The van der Waals surface area contributed by atoms with Crippen LogP contribution >= 0.6 is 0 Å². The molecule has 0 rings (SSSR count). The third kappa shape index (κ3) is 3.17. The Hall–Kier alpha value is -0.460. The van der Waals surface area contributed by atoms with E-state index in [-0.39, 0.29) is 0 Å². The summed E-state index contributed by atoms with van der Waals surface area (Å²) in [6, 6.07) is 0. The molecule has 1 heteroatoms. The summed E-state index contributed by atoms with van der Waals surface area (Å²) in [7, 11) is 1.69. The molecule has 1 nitrogen and oxygen atoms in total. The van der Waals surface area contributed by atoms with E-state index in [9.17, 15) is 0 Å². The van der Waals surface area contributed by atoms with Gasteiger partial charge >= 0.3 is 0 Å². The van der Waals surface area contributed by atoms with Gasteiger partial charge in [0.05, 0.1) is 13.4 Å². The van der Waals surface area contributed by atoms with Gasteiger partial charge in [-0.2, -0.15) is 0 Å². The lowest BCUT2D eigenvalue weighted by molar-refractivity contribution is 0.328. The highest BCUT2D eigenvalue weighted by molar-refractivity contribution is 4.99. The number of ether oxygens (including phenoxy) is 1. The van der Waals surface area contributed by atoms with Gasteiger partial charge < -0.3 is 4.74 Å². The Balaban J connectivity index is 3.81. The Labute approximate surface area is 57.7 Å². The maximum Gasteiger partial charge on any atom is 0.0819 e. The Morgan fingerprint density at radius 1 is 1.56 bits per heavy atom. The zero-order valence-electron chi connectivity index (χ0n) is 6.77. The third-order valence-corrected chi connectivity index (χ3v) is 1.42. The first kappa shape index (κ1) is 8.54. The fraction of sp³-hybridized carbons (Fsp3) is 0.750. The predicted octanol–water partition coefficient (Wildman–Crippen LogP) is 2.58. The number of methoxy groups -OCH3 is 1. The van der Waals surface area contributed by atoms with Gasteiger partial charge in [-0.25, -0.2) is 0 Å². The first-order valence-corrected chi connectivity index (χ1v) is 3.44. The molecular formula is C8H16O. The lowest BCUT2D eigenvalue weighted by Crippen LogP contribution is -1.92. The van der Waals surface area contributed by atoms with Gasteiger partial charge in [-0.3, -0.25) is 0 Å². The van der Waals surface area contributed by atoms with Crippen molar-refractivity contribution >= 4 is 0 Å². The van der Waals surface area contributed by atoms with E-state index in [2.05, 4.69) is 20.8 Å². The first-order chi connectivity index (χ1) is 4.22. The van der Waals surface area contributed by atoms with E-state index in [1.807, 2.05) is 6.26 Å². The molecule has 0 atom stereocenters. The summed E-state index contributed by atoms with van der Waals surface area (Å²) in [6.07, 6.45) is 2.93. The van der Waals surface area contributed by atoms with E-state index in [4.69, 9.17) is 4.74 Å². The fourth-order valence-corrected chi connectivity index (χ4v) is 0.779. The molecule has 0 saturated heterocycles. The number of allylic oxidation sites excluding steroid dienone is 1. The quantitative estimate of drug-likeness (QED) is 0.531. The van der Waals surface area contributed by atoms with Crippen LogP contribution in [0.5, 0.6) is 0 Å². The van der Waals surface area contributed by atoms with Crippen molar-refractivity contribution in [3.05, 3.63) is 11.8 Å². The molecule has 0 fully saturated rings. The van der Waals surface area contributed by atoms with Crippen molar-refractivity contribution in [2.45, 2.75) is 27.2 Å². The normalized spacial score (nSPS) is 12.3. The second kappa shape index (κ2) is 4.42. The van der Waals surface area contributed by atoms with E-state index in [1.54, 1.807) is 7.11 Å². The van der Waals surface area contributed by atoms with E-state index in [1.165, 1.54) is 5.57 Å². The summed E-state index contributed by atoms with van der Waals surface area (Å²) in [5.74, 6) is 0.620. The monoisotopic (exact) mass is 128 g/mol. The van der Waals surface area contributed by atoms with Crippen molar-refractivity contribution in [3.8, 4) is 0 Å². The van der Waals surface area contributed by atoms with Crippen LogP contribution in [0.25, 0.3) is 0 Å². The van der Waals surface area contributed by atoms with Gasteiger partial charge in [-0.05, 0) is 17.9 Å². The van der Waals surface area contributed by atoms with Crippen LogP contribution in [-0.2, 0) is 4.74 Å². The van der Waals surface area contributed by atoms with Crippen LogP contribution < -0.4 is 0 Å². The van der Waals surface area contributed by atoms with Gasteiger partial charge in [0.25, 0.3) is 0 Å². The van der Waals surface area contributed by atoms with Crippen molar-refractivity contribution in [1.82, 2.24) is 0 Å². The Morgan fingerprint density at radius 3 is 2.22 bits per heavy atom. The summed E-state index contributed by atoms with van der Waals surface area (Å²) >= 11 is 0. The summed E-state index contributed by atoms with van der Waals surface area (Å²) in [5, 5.41) is 0. The van der Waals surface area contributed by atoms with Crippen LogP contribution in [0.3, 0.4) is 0 Å². The third-order valence-electron chi connectivity index (χ3n) is 1.42. The standard InChI is InChI=1S/C8H16O/c1-5-8(6-9-4)7(2)3/h6-7H,5H2,1-4H3/b8-6+. The van der Waals surface area contributed by atoms with Gasteiger partial charge in [-0.1, -0.05) is 20.8 Å². The largest absolute Gasteiger partial charge is 0.504 e. The molecule has 0 aromatic rings. The molecule has 0 heterocycles. The van der Waals surface area contributed by atoms with Gasteiger partial charge in [0.2, 0.25) is 0 Å². The summed E-state index contributed by atoms with van der Waals surface area (Å²) < 4.78 is 4.89. The van der Waals surface area contributed by atoms with Gasteiger partial charge in [0.1, 0.15) is 0 Å². The van der Waals surface area contributed by atoms with Gasteiger partial charge in [0.15, 0.2) is 0 Å². The predicted molar refractivity (Wildman–Crippen MR) is 40.2 cm³/mol. The Kier molecular flexibility index (Phi) is 4.20. The fourth-order valence-electron chi connectivity index (χ4n) is 0.779. The number of rotatable bonds is 3. The van der Waals surface area contributed by atoms with E-state index in [0.717, 1.165) is 6.42 Å². The van der Waals surface area contributed by atoms with Crippen LogP contribution in [0.1, 0.15) is 27.2 Å². The molecular weight excluding hydrogens is 112 g/mol. The molecule has 0 aliphatic carbocycles. The second-order valence-electron chi connectivity index (χ2n) is 2.44. The van der Waals surface area contributed by atoms with E-state index in [0.29, 0.717) is 5.92 Å². The lowest BCUT2D eigenvalue weighted by atomic mass is 10.0. The molecule has 54 valence electrons. The lowest BCUT2D eigenvalue weighted by Gasteiger charge is -2.06. The summed E-state index contributed by atoms with van der Waals surface area (Å²) in [4.78, 5) is 0. The van der Waals surface area contributed by atoms with Crippen LogP contribution in [-0.4, -0.2) is 7.11 Å². The molecule has 0 aliphatic heterocycles. The molecule has 0 bridgehead atoms. The van der Waals surface area contributed by atoms with Crippen LogP contribution in [0.2, 0.25) is 0 Å². The molecule has 0 aliphatic rings. The SMILES string of the molecule is CC/C(=C\OC)C(C)C. The molecule has 0 spiro atoms. The van der Waals surface area contributed by atoms with Crippen molar-refractivity contribution in [1.29, 1.82) is 0 Å². The van der Waals surface area contributed by atoms with E-state index >= 15 is 0 Å². The molecule has 0 aromatic carbocycles. The zero-order chi connectivity index (χ0) is 7.28. The smallest absolute Gasteiger partial charge is 0.0819 e. The van der Waals surface area contributed by atoms with Crippen LogP contribution in [0, 0.1) is 5.92 Å². The average Bonchev–Trinajstić information content (AvgIpc) is 1.82. The van der Waals surface area contributed by atoms with Gasteiger partial charge in [0, 0.05) is 0 Å². The Morgan fingerprint density at radius 2 is 2.11 bits per heavy atom. The van der Waals surface area contributed by atoms with E-state index < -0.39 is 0 Å². The molecule has 0 N–H and O–H groups in total. The average molecular weight is 128 g/mol. The topological polar surface area (TPSA) is 9.23 Å². The molecule has 0 amide bonds. The molecule has 0 radical (unpaired) electrons. The van der Waals surface area contributed by atoms with Crippen LogP contribution in [0.15, 0.2) is 11.8 Å². The minimum absolute atomic E-state index is 0.620. The maximum atomic E-state index is 4.89. The highest BCUT2D eigenvalue weighted by atomic mass is 16.5. The maximum absolute atomic E-state index is 4.89. The molecule has 0 aromatic heterocycles. The first-order valence-electron chi connectivity index (χ1n) is 3.44. The summed E-state index contributed by atoms with van der Waals surface area (Å²) in [5.41, 5.74) is 1.37. The minimum atomic E-state index is 0.620. The van der Waals surface area contributed by atoms with Crippen molar-refractivity contribution in [2.75, 3.05) is 7.11 Å². The molecule has 9 heavy (non-hydrogen) atoms.